The van der Waals surface area contributed by atoms with Crippen LogP contribution in [0.15, 0.2) is 47.4 Å². The average molecular weight is 433 g/mol. The van der Waals surface area contributed by atoms with E-state index in [1.807, 2.05) is 30.3 Å². The van der Waals surface area contributed by atoms with Crippen LogP contribution in [-0.2, 0) is 4.74 Å². The summed E-state index contributed by atoms with van der Waals surface area (Å²) >= 11 is 0. The highest BCUT2D eigenvalue weighted by Gasteiger charge is 2.22. The third-order valence-corrected chi connectivity index (χ3v) is 5.62. The fourth-order valence-corrected chi connectivity index (χ4v) is 4.29. The van der Waals surface area contributed by atoms with Crippen molar-refractivity contribution in [3.8, 4) is 17.2 Å². The number of nitrogens with two attached hydrogens (primary N) is 1. The van der Waals surface area contributed by atoms with Crippen LogP contribution in [0, 0.1) is 0 Å². The summed E-state index contributed by atoms with van der Waals surface area (Å²) in [6, 6.07) is 11.3. The van der Waals surface area contributed by atoms with E-state index >= 15 is 0 Å². The molecule has 0 saturated carbocycles. The quantitative estimate of drug-likeness (QED) is 0.297. The monoisotopic (exact) mass is 433 g/mol. The molecule has 32 heavy (non-hydrogen) atoms. The molecule has 0 unspecified atom stereocenters. The molecule has 5 aromatic rings. The number of hydrogen-bond donors (Lipinski definition) is 1. The summed E-state index contributed by atoms with van der Waals surface area (Å²) in [4.78, 5) is 18.3. The minimum Gasteiger partial charge on any atom is -0.493 e. The first kappa shape index (κ1) is 20.3. The smallest absolute Gasteiger partial charge is 0.267 e. The maximum Gasteiger partial charge on any atom is 0.267 e. The number of pyridine rings is 2. The summed E-state index contributed by atoms with van der Waals surface area (Å²) in [6.07, 6.45) is 1.76. The number of methoxy groups -OCH3 is 2. The molecule has 0 amide bonds. The van der Waals surface area contributed by atoms with Crippen LogP contribution in [0.3, 0.4) is 0 Å². The zero-order valence-electron chi connectivity index (χ0n) is 17.9. The maximum atomic E-state index is 13.7. The van der Waals surface area contributed by atoms with Crippen molar-refractivity contribution in [3.63, 3.8) is 0 Å². The van der Waals surface area contributed by atoms with Crippen molar-refractivity contribution in [3.05, 3.63) is 52.9 Å². The first-order valence-corrected chi connectivity index (χ1v) is 10.3. The van der Waals surface area contributed by atoms with Crippen molar-refractivity contribution in [2.75, 3.05) is 40.6 Å². The Balaban J connectivity index is 1.75. The van der Waals surface area contributed by atoms with E-state index in [1.165, 1.54) is 7.11 Å². The number of fused-ring (bicyclic) bond motifs is 5. The van der Waals surface area contributed by atoms with Crippen LogP contribution in [0.2, 0.25) is 0 Å². The molecule has 8 nitrogen and oxygen atoms in total. The Labute approximate surface area is 183 Å². The fraction of sp³-hybridized carbons (Fsp3) is 0.250. The van der Waals surface area contributed by atoms with Crippen LogP contribution in [0.4, 0.5) is 0 Å². The first-order valence-electron chi connectivity index (χ1n) is 10.3. The van der Waals surface area contributed by atoms with E-state index in [1.54, 1.807) is 23.8 Å². The lowest BCUT2D eigenvalue weighted by Crippen LogP contribution is -2.14. The normalized spacial score (nSPS) is 11.7. The molecule has 3 heterocycles. The Morgan fingerprint density at radius 2 is 1.84 bits per heavy atom. The van der Waals surface area contributed by atoms with Gasteiger partial charge >= 0.3 is 0 Å². The molecule has 0 aliphatic heterocycles. The maximum absolute atomic E-state index is 13.7. The number of benzene rings is 2. The topological polar surface area (TPSA) is 97.3 Å². The van der Waals surface area contributed by atoms with Crippen molar-refractivity contribution in [1.29, 1.82) is 0 Å². The predicted octanol–water partition coefficient (Wildman–Crippen LogP) is 2.96. The predicted molar refractivity (Wildman–Crippen MR) is 124 cm³/mol. The van der Waals surface area contributed by atoms with E-state index in [0.29, 0.717) is 49.0 Å². The third-order valence-electron chi connectivity index (χ3n) is 5.62. The summed E-state index contributed by atoms with van der Waals surface area (Å²) in [7, 11) is 3.08. The Morgan fingerprint density at radius 1 is 0.969 bits per heavy atom. The van der Waals surface area contributed by atoms with Gasteiger partial charge in [-0.3, -0.25) is 14.2 Å². The van der Waals surface area contributed by atoms with Gasteiger partial charge in [-0.2, -0.15) is 0 Å². The second kappa shape index (κ2) is 8.14. The summed E-state index contributed by atoms with van der Waals surface area (Å²) in [5.74, 6) is 1.60. The van der Waals surface area contributed by atoms with Gasteiger partial charge in [0.15, 0.2) is 11.5 Å². The van der Waals surface area contributed by atoms with Gasteiger partial charge in [-0.25, -0.2) is 0 Å². The van der Waals surface area contributed by atoms with Crippen LogP contribution >= 0.6 is 0 Å². The van der Waals surface area contributed by atoms with Gasteiger partial charge in [0.05, 0.1) is 49.4 Å². The van der Waals surface area contributed by atoms with E-state index < -0.39 is 0 Å². The first-order chi connectivity index (χ1) is 15.7. The Hall–Kier alpha value is -3.62. The van der Waals surface area contributed by atoms with Crippen molar-refractivity contribution < 1.29 is 18.9 Å². The van der Waals surface area contributed by atoms with Gasteiger partial charge in [-0.1, -0.05) is 0 Å². The summed E-state index contributed by atoms with van der Waals surface area (Å²) in [6.45, 7) is 1.86. The van der Waals surface area contributed by atoms with Gasteiger partial charge in [0.1, 0.15) is 12.4 Å². The molecule has 0 bridgehead atoms. The van der Waals surface area contributed by atoms with Gasteiger partial charge in [0.2, 0.25) is 0 Å². The molecular formula is C24H23N3O5. The van der Waals surface area contributed by atoms with Gasteiger partial charge in [-0.15, -0.1) is 0 Å². The molecule has 0 aliphatic carbocycles. The number of rotatable bonds is 8. The third kappa shape index (κ3) is 2.99. The lowest BCUT2D eigenvalue weighted by Gasteiger charge is -2.12. The number of hydrogen-bond acceptors (Lipinski definition) is 7. The number of ether oxygens (including phenoxy) is 4. The molecule has 164 valence electrons. The van der Waals surface area contributed by atoms with Crippen molar-refractivity contribution in [2.45, 2.75) is 0 Å². The molecule has 0 saturated heterocycles. The zero-order chi connectivity index (χ0) is 22.2. The van der Waals surface area contributed by atoms with Crippen molar-refractivity contribution in [1.82, 2.24) is 9.38 Å². The molecule has 5 rings (SSSR count). The lowest BCUT2D eigenvalue weighted by atomic mass is 10.1. The van der Waals surface area contributed by atoms with Crippen LogP contribution in [0.1, 0.15) is 0 Å². The molecule has 0 radical (unpaired) electrons. The van der Waals surface area contributed by atoms with E-state index in [2.05, 4.69) is 4.98 Å². The highest BCUT2D eigenvalue weighted by atomic mass is 16.5. The van der Waals surface area contributed by atoms with Crippen LogP contribution in [0.5, 0.6) is 17.2 Å². The second-order valence-electron chi connectivity index (χ2n) is 7.35. The van der Waals surface area contributed by atoms with Crippen LogP contribution in [0.25, 0.3) is 38.1 Å². The van der Waals surface area contributed by atoms with Gasteiger partial charge in [0.25, 0.3) is 5.56 Å². The Morgan fingerprint density at radius 3 is 2.62 bits per heavy atom. The molecule has 8 heteroatoms. The molecular weight excluding hydrogens is 410 g/mol. The molecule has 2 N–H and O–H groups in total. The Bertz CT molecular complexity index is 1490. The van der Waals surface area contributed by atoms with Gasteiger partial charge in [0, 0.05) is 28.9 Å². The molecule has 0 spiro atoms. The molecule has 2 aromatic carbocycles. The molecule has 0 aliphatic rings. The number of nitrogens with zero attached hydrogens (tertiary/aromatic N) is 2. The van der Waals surface area contributed by atoms with Crippen LogP contribution < -0.4 is 25.5 Å². The van der Waals surface area contributed by atoms with Gasteiger partial charge < -0.3 is 24.7 Å². The van der Waals surface area contributed by atoms with E-state index in [4.69, 9.17) is 24.7 Å². The highest BCUT2D eigenvalue weighted by Crippen LogP contribution is 2.39. The molecule has 0 atom stereocenters. The second-order valence-corrected chi connectivity index (χ2v) is 7.35. The van der Waals surface area contributed by atoms with E-state index in [0.717, 1.165) is 32.7 Å². The summed E-state index contributed by atoms with van der Waals surface area (Å²) < 4.78 is 23.9. The number of aromatic nitrogens is 2. The van der Waals surface area contributed by atoms with E-state index in [-0.39, 0.29) is 5.56 Å². The molecule has 3 aromatic heterocycles. The summed E-state index contributed by atoms with van der Waals surface area (Å²) in [5.41, 5.74) is 7.53. The summed E-state index contributed by atoms with van der Waals surface area (Å²) in [5, 5.41) is 3.01. The fourth-order valence-electron chi connectivity index (χ4n) is 4.29. The van der Waals surface area contributed by atoms with Crippen molar-refractivity contribution >= 4 is 38.1 Å². The average Bonchev–Trinajstić information content (AvgIpc) is 3.16. The molecule has 0 fully saturated rings. The van der Waals surface area contributed by atoms with Crippen LogP contribution in [-0.4, -0.2) is 50.0 Å². The minimum absolute atomic E-state index is 0.180. The standard InChI is InChI=1S/C24H23N3O5/c1-29-19-6-4-16-20(23(19)30-2)24(28)27-18-5-3-14(32-12-11-31-10-8-25)13-17(18)15-7-9-26-21(16)22(15)27/h3-7,9,13H,8,10-12,25H2,1-2H3. The largest absolute Gasteiger partial charge is 0.493 e. The van der Waals surface area contributed by atoms with Crippen molar-refractivity contribution in [2.24, 2.45) is 5.73 Å². The van der Waals surface area contributed by atoms with Gasteiger partial charge in [-0.05, 0) is 36.4 Å². The minimum atomic E-state index is -0.180. The van der Waals surface area contributed by atoms with E-state index in [9.17, 15) is 4.79 Å². The Kier molecular flexibility index (Phi) is 5.16. The lowest BCUT2D eigenvalue weighted by molar-refractivity contribution is 0.106. The zero-order valence-corrected chi connectivity index (χ0v) is 17.9. The highest BCUT2D eigenvalue weighted by molar-refractivity contribution is 6.19. The SMILES string of the molecule is COc1ccc2c(c1OC)c(=O)n1c3ccc(OCCOCCN)cc3c3ccnc2c31.